The first-order valence-electron chi connectivity index (χ1n) is 10.0. The summed E-state index contributed by atoms with van der Waals surface area (Å²) in [5.74, 6) is -1.58. The van der Waals surface area contributed by atoms with E-state index in [0.717, 1.165) is 16.0 Å². The van der Waals surface area contributed by atoms with Crippen LogP contribution in [0.2, 0.25) is 0 Å². The van der Waals surface area contributed by atoms with Crippen molar-refractivity contribution in [2.24, 2.45) is 0 Å². The Kier molecular flexibility index (Phi) is 7.17. The minimum Gasteiger partial charge on any atom is -0.462 e. The molecule has 8 nitrogen and oxygen atoms in total. The first kappa shape index (κ1) is 22.5. The number of benzene rings is 2. The smallest absolute Gasteiger partial charge is 0.338 e. The Morgan fingerprint density at radius 1 is 1.06 bits per heavy atom. The Bertz CT molecular complexity index is 1090. The molecule has 1 heterocycles. The first-order chi connectivity index (χ1) is 15.4. The zero-order valence-corrected chi connectivity index (χ0v) is 17.8. The van der Waals surface area contributed by atoms with E-state index in [1.54, 1.807) is 25.1 Å². The van der Waals surface area contributed by atoms with E-state index in [0.29, 0.717) is 11.3 Å². The quantitative estimate of drug-likeness (QED) is 0.396. The molecule has 32 heavy (non-hydrogen) atoms. The van der Waals surface area contributed by atoms with Gasteiger partial charge in [-0.25, -0.2) is 14.5 Å². The van der Waals surface area contributed by atoms with E-state index in [1.165, 1.54) is 12.1 Å². The van der Waals surface area contributed by atoms with Crippen molar-refractivity contribution in [2.45, 2.75) is 13.8 Å². The third-order valence-electron chi connectivity index (χ3n) is 4.51. The lowest BCUT2D eigenvalue weighted by atomic mass is 10.1. The second-order valence-corrected chi connectivity index (χ2v) is 7.02. The van der Waals surface area contributed by atoms with Crippen molar-refractivity contribution in [1.82, 2.24) is 10.2 Å². The summed E-state index contributed by atoms with van der Waals surface area (Å²) in [4.78, 5) is 49.7. The molecule has 0 saturated carbocycles. The number of carbonyl (C=O) groups excluding carboxylic acids is 4. The van der Waals surface area contributed by atoms with Crippen LogP contribution in [0.15, 0.2) is 71.9 Å². The Morgan fingerprint density at radius 2 is 1.75 bits per heavy atom. The van der Waals surface area contributed by atoms with Crippen LogP contribution in [-0.2, 0) is 14.3 Å². The average molecular weight is 433 g/mol. The number of ether oxygens (including phenoxy) is 1. The number of carbonyl (C=O) groups is 4. The zero-order chi connectivity index (χ0) is 23.1. The van der Waals surface area contributed by atoms with E-state index >= 15 is 0 Å². The van der Waals surface area contributed by atoms with Crippen LogP contribution in [-0.4, -0.2) is 41.9 Å². The lowest BCUT2D eigenvalue weighted by Crippen LogP contribution is -2.38. The lowest BCUT2D eigenvalue weighted by Gasteiger charge is -2.12. The summed E-state index contributed by atoms with van der Waals surface area (Å²) in [5, 5.41) is 5.10. The standard InChI is InChI=1S/C24H23N3O5/c1-3-32-23(30)18-9-11-19(12-10-18)25-21(28)15-27-22(29)20(26-24(27)31)14-16(2)13-17-7-5-4-6-8-17/h4-14H,3,15H2,1-2H3,(H,25,28)(H,26,31)/b16-13+,20-14-. The summed E-state index contributed by atoms with van der Waals surface area (Å²) in [5.41, 5.74) is 2.61. The van der Waals surface area contributed by atoms with Gasteiger partial charge in [-0.05, 0) is 55.3 Å². The molecule has 4 amide bonds. The highest BCUT2D eigenvalue weighted by Crippen LogP contribution is 2.15. The van der Waals surface area contributed by atoms with Crippen molar-refractivity contribution in [3.05, 3.63) is 83.1 Å². The molecule has 0 unspecified atom stereocenters. The van der Waals surface area contributed by atoms with Crippen LogP contribution >= 0.6 is 0 Å². The van der Waals surface area contributed by atoms with Crippen LogP contribution in [0.5, 0.6) is 0 Å². The molecule has 3 rings (SSSR count). The summed E-state index contributed by atoms with van der Waals surface area (Å²) >= 11 is 0. The molecule has 0 bridgehead atoms. The maximum atomic E-state index is 12.6. The number of anilines is 1. The van der Waals surface area contributed by atoms with Crippen LogP contribution < -0.4 is 10.6 Å². The van der Waals surface area contributed by atoms with Crippen LogP contribution in [0.1, 0.15) is 29.8 Å². The lowest BCUT2D eigenvalue weighted by molar-refractivity contribution is -0.127. The molecule has 0 radical (unpaired) electrons. The van der Waals surface area contributed by atoms with Crippen molar-refractivity contribution in [1.29, 1.82) is 0 Å². The molecular weight excluding hydrogens is 410 g/mol. The van der Waals surface area contributed by atoms with Gasteiger partial charge in [0.25, 0.3) is 5.91 Å². The van der Waals surface area contributed by atoms with Gasteiger partial charge in [-0.1, -0.05) is 36.4 Å². The summed E-state index contributed by atoms with van der Waals surface area (Å²) in [6.45, 7) is 3.35. The van der Waals surface area contributed by atoms with Gasteiger partial charge in [0, 0.05) is 5.69 Å². The van der Waals surface area contributed by atoms with Gasteiger partial charge in [-0.3, -0.25) is 9.59 Å². The van der Waals surface area contributed by atoms with E-state index < -0.39 is 30.4 Å². The van der Waals surface area contributed by atoms with E-state index in [9.17, 15) is 19.2 Å². The van der Waals surface area contributed by atoms with E-state index in [2.05, 4.69) is 10.6 Å². The number of rotatable bonds is 7. The summed E-state index contributed by atoms with van der Waals surface area (Å²) in [6, 6.07) is 15.0. The van der Waals surface area contributed by atoms with Gasteiger partial charge < -0.3 is 15.4 Å². The van der Waals surface area contributed by atoms with Crippen molar-refractivity contribution < 1.29 is 23.9 Å². The normalized spacial score (nSPS) is 15.0. The maximum absolute atomic E-state index is 12.6. The molecule has 8 heteroatoms. The molecule has 2 aromatic carbocycles. The minimum absolute atomic E-state index is 0.103. The minimum atomic E-state index is -0.665. The summed E-state index contributed by atoms with van der Waals surface area (Å²) in [7, 11) is 0. The Labute approximate surface area is 185 Å². The van der Waals surface area contributed by atoms with Crippen LogP contribution in [0, 0.1) is 0 Å². The molecule has 0 aliphatic carbocycles. The third kappa shape index (κ3) is 5.69. The largest absolute Gasteiger partial charge is 0.462 e. The van der Waals surface area contributed by atoms with Gasteiger partial charge in [-0.2, -0.15) is 0 Å². The fraction of sp³-hybridized carbons (Fsp3) is 0.167. The number of allylic oxidation sites excluding steroid dienone is 2. The summed E-state index contributed by atoms with van der Waals surface area (Å²) in [6.07, 6.45) is 3.45. The van der Waals surface area contributed by atoms with Crippen molar-refractivity contribution in [2.75, 3.05) is 18.5 Å². The van der Waals surface area contributed by atoms with E-state index in [-0.39, 0.29) is 12.3 Å². The average Bonchev–Trinajstić information content (AvgIpc) is 3.02. The van der Waals surface area contributed by atoms with Crippen molar-refractivity contribution >= 4 is 35.6 Å². The number of nitrogens with zero attached hydrogens (tertiary/aromatic N) is 1. The molecule has 0 spiro atoms. The van der Waals surface area contributed by atoms with E-state index in [4.69, 9.17) is 4.74 Å². The highest BCUT2D eigenvalue weighted by atomic mass is 16.5. The molecular formula is C24H23N3O5. The van der Waals surface area contributed by atoms with Crippen molar-refractivity contribution in [3.8, 4) is 0 Å². The molecule has 2 aromatic rings. The topological polar surface area (TPSA) is 105 Å². The Balaban J connectivity index is 1.62. The van der Waals surface area contributed by atoms with E-state index in [1.807, 2.05) is 43.3 Å². The Morgan fingerprint density at radius 3 is 2.41 bits per heavy atom. The van der Waals surface area contributed by atoms with Gasteiger partial charge in [0.2, 0.25) is 5.91 Å². The zero-order valence-electron chi connectivity index (χ0n) is 17.8. The number of imide groups is 1. The number of nitrogens with one attached hydrogen (secondary N) is 2. The molecule has 164 valence electrons. The van der Waals surface area contributed by atoms with Crippen LogP contribution in [0.3, 0.4) is 0 Å². The van der Waals surface area contributed by atoms with Gasteiger partial charge in [0.15, 0.2) is 0 Å². The van der Waals surface area contributed by atoms with Gasteiger partial charge >= 0.3 is 12.0 Å². The Hall–Kier alpha value is -4.20. The van der Waals surface area contributed by atoms with Gasteiger partial charge in [0.1, 0.15) is 12.2 Å². The number of hydrogen-bond acceptors (Lipinski definition) is 5. The molecule has 0 aromatic heterocycles. The predicted molar refractivity (Wildman–Crippen MR) is 119 cm³/mol. The molecule has 1 aliphatic rings. The molecule has 0 atom stereocenters. The fourth-order valence-corrected chi connectivity index (χ4v) is 3.04. The predicted octanol–water partition coefficient (Wildman–Crippen LogP) is 3.34. The first-order valence-corrected chi connectivity index (χ1v) is 10.0. The highest BCUT2D eigenvalue weighted by molar-refractivity contribution is 6.14. The SMILES string of the molecule is CCOC(=O)c1ccc(NC(=O)CN2C(=O)N/C(=C\C(C)=C\c3ccccc3)C2=O)cc1. The summed E-state index contributed by atoms with van der Waals surface area (Å²) < 4.78 is 4.91. The number of urea groups is 1. The maximum Gasteiger partial charge on any atom is 0.338 e. The monoisotopic (exact) mass is 433 g/mol. The fourth-order valence-electron chi connectivity index (χ4n) is 3.04. The number of hydrogen-bond donors (Lipinski definition) is 2. The molecule has 2 N–H and O–H groups in total. The second kappa shape index (κ2) is 10.2. The van der Waals surface area contributed by atoms with Crippen molar-refractivity contribution in [3.63, 3.8) is 0 Å². The van der Waals surface area contributed by atoms with Gasteiger partial charge in [0.05, 0.1) is 12.2 Å². The van der Waals surface area contributed by atoms with Crippen LogP contribution in [0.4, 0.5) is 10.5 Å². The molecule has 1 saturated heterocycles. The van der Waals surface area contributed by atoms with Crippen LogP contribution in [0.25, 0.3) is 6.08 Å². The molecule has 1 fully saturated rings. The molecule has 1 aliphatic heterocycles. The third-order valence-corrected chi connectivity index (χ3v) is 4.51. The highest BCUT2D eigenvalue weighted by Gasteiger charge is 2.34. The second-order valence-electron chi connectivity index (χ2n) is 7.02. The van der Waals surface area contributed by atoms with Gasteiger partial charge in [-0.15, -0.1) is 0 Å². The number of esters is 1. The number of amides is 4.